The number of phenolic OH excluding ortho intramolecular Hbond substituents is 3. The van der Waals surface area contributed by atoms with Gasteiger partial charge in [-0.1, -0.05) is 0 Å². The van der Waals surface area contributed by atoms with Crippen LogP contribution in [0, 0.1) is 17.7 Å². The van der Waals surface area contributed by atoms with Crippen molar-refractivity contribution in [3.8, 4) is 17.2 Å². The summed E-state index contributed by atoms with van der Waals surface area (Å²) in [6, 6.07) is 1.45. The summed E-state index contributed by atoms with van der Waals surface area (Å²) in [5.74, 6) is -6.65. The summed E-state index contributed by atoms with van der Waals surface area (Å²) in [7, 11) is 0. The number of aromatic hydroxyl groups is 3. The zero-order valence-corrected chi connectivity index (χ0v) is 5.10. The maximum atomic E-state index is 12.2. The third-order valence-corrected chi connectivity index (χ3v) is 1.08. The molecule has 1 radical (unpaired) electrons. The third-order valence-electron chi connectivity index (χ3n) is 1.08. The average molecular weight is 161 g/mol. The molecule has 1 aromatic rings. The number of rotatable bonds is 0. The molecular formula is C6H3F2O3. The lowest BCUT2D eigenvalue weighted by atomic mass is 10.3. The summed E-state index contributed by atoms with van der Waals surface area (Å²) < 4.78 is 24.4. The molecule has 0 bridgehead atoms. The lowest BCUT2D eigenvalue weighted by molar-refractivity contribution is 0.337. The molecule has 0 heterocycles. The SMILES string of the molecule is Oc1[c]c(F)c(F)c(O)c1O. The number of phenols is 3. The summed E-state index contributed by atoms with van der Waals surface area (Å²) in [4.78, 5) is 0. The van der Waals surface area contributed by atoms with Crippen LogP contribution in [-0.2, 0) is 0 Å². The van der Waals surface area contributed by atoms with E-state index in [0.717, 1.165) is 0 Å². The van der Waals surface area contributed by atoms with Crippen LogP contribution < -0.4 is 0 Å². The van der Waals surface area contributed by atoms with Gasteiger partial charge in [-0.15, -0.1) is 0 Å². The Morgan fingerprint density at radius 1 is 1.00 bits per heavy atom. The Labute approximate surface area is 60.1 Å². The Morgan fingerprint density at radius 3 is 2.09 bits per heavy atom. The molecule has 0 aliphatic rings. The molecule has 5 heteroatoms. The van der Waals surface area contributed by atoms with Crippen molar-refractivity contribution in [2.45, 2.75) is 0 Å². The summed E-state index contributed by atoms with van der Waals surface area (Å²) in [6.45, 7) is 0. The molecule has 0 aromatic heterocycles. The highest BCUT2D eigenvalue weighted by Crippen LogP contribution is 2.36. The topological polar surface area (TPSA) is 60.7 Å². The van der Waals surface area contributed by atoms with E-state index in [-0.39, 0.29) is 0 Å². The van der Waals surface area contributed by atoms with Crippen LogP contribution in [0.4, 0.5) is 8.78 Å². The largest absolute Gasteiger partial charge is 0.504 e. The fourth-order valence-electron chi connectivity index (χ4n) is 0.538. The second kappa shape index (κ2) is 2.26. The molecule has 0 saturated carbocycles. The first-order chi connectivity index (χ1) is 5.04. The quantitative estimate of drug-likeness (QED) is 0.495. The summed E-state index contributed by atoms with van der Waals surface area (Å²) in [5, 5.41) is 25.6. The van der Waals surface area contributed by atoms with Crippen molar-refractivity contribution in [2.24, 2.45) is 0 Å². The third kappa shape index (κ3) is 1.04. The molecule has 0 unspecified atom stereocenters. The predicted molar refractivity (Wildman–Crippen MR) is 30.2 cm³/mol. The van der Waals surface area contributed by atoms with Crippen LogP contribution in [0.1, 0.15) is 0 Å². The molecule has 0 fully saturated rings. The monoisotopic (exact) mass is 161 g/mol. The van der Waals surface area contributed by atoms with Crippen molar-refractivity contribution < 1.29 is 24.1 Å². The zero-order valence-electron chi connectivity index (χ0n) is 5.10. The molecule has 0 aliphatic heterocycles. The molecule has 3 N–H and O–H groups in total. The Kier molecular flexibility index (Phi) is 1.56. The van der Waals surface area contributed by atoms with Crippen molar-refractivity contribution in [2.75, 3.05) is 0 Å². The van der Waals surface area contributed by atoms with Gasteiger partial charge in [-0.2, -0.15) is 4.39 Å². The Balaban J connectivity index is 3.46. The van der Waals surface area contributed by atoms with E-state index in [1.165, 1.54) is 6.07 Å². The minimum absolute atomic E-state index is 1.03. The normalized spacial score (nSPS) is 10.0. The van der Waals surface area contributed by atoms with E-state index in [4.69, 9.17) is 15.3 Å². The lowest BCUT2D eigenvalue weighted by Crippen LogP contribution is -1.85. The smallest absolute Gasteiger partial charge is 0.205 e. The van der Waals surface area contributed by atoms with E-state index in [2.05, 4.69) is 0 Å². The summed E-state index contributed by atoms with van der Waals surface area (Å²) in [6.07, 6.45) is 0. The first-order valence-electron chi connectivity index (χ1n) is 2.55. The average Bonchev–Trinajstić information content (AvgIpc) is 1.97. The Bertz CT molecular complexity index is 272. The highest BCUT2D eigenvalue weighted by Gasteiger charge is 2.16. The molecule has 0 aliphatic carbocycles. The van der Waals surface area contributed by atoms with Gasteiger partial charge in [-0.25, -0.2) is 4.39 Å². The summed E-state index contributed by atoms with van der Waals surface area (Å²) >= 11 is 0. The van der Waals surface area contributed by atoms with Gasteiger partial charge in [0.05, 0.1) is 6.07 Å². The van der Waals surface area contributed by atoms with Crippen molar-refractivity contribution >= 4 is 0 Å². The van der Waals surface area contributed by atoms with Gasteiger partial charge in [-0.05, 0) is 0 Å². The molecule has 0 atom stereocenters. The second-order valence-corrected chi connectivity index (χ2v) is 1.80. The molecule has 1 rings (SSSR count). The van der Waals surface area contributed by atoms with E-state index in [0.29, 0.717) is 0 Å². The molecule has 3 nitrogen and oxygen atoms in total. The molecule has 0 spiro atoms. The number of hydrogen-bond acceptors (Lipinski definition) is 3. The van der Waals surface area contributed by atoms with Crippen LogP contribution >= 0.6 is 0 Å². The fourth-order valence-corrected chi connectivity index (χ4v) is 0.538. The molecule has 11 heavy (non-hydrogen) atoms. The van der Waals surface area contributed by atoms with Crippen LogP contribution in [0.15, 0.2) is 0 Å². The number of halogens is 2. The van der Waals surface area contributed by atoms with Gasteiger partial charge in [0.15, 0.2) is 11.6 Å². The van der Waals surface area contributed by atoms with Gasteiger partial charge in [0.1, 0.15) is 0 Å². The Hall–Kier alpha value is -1.52. The summed E-state index contributed by atoms with van der Waals surface area (Å²) in [5.41, 5.74) is 0. The van der Waals surface area contributed by atoms with Gasteiger partial charge in [-0.3, -0.25) is 0 Å². The second-order valence-electron chi connectivity index (χ2n) is 1.80. The van der Waals surface area contributed by atoms with E-state index in [1.807, 2.05) is 0 Å². The molecular weight excluding hydrogens is 158 g/mol. The maximum Gasteiger partial charge on any atom is 0.205 e. The van der Waals surface area contributed by atoms with Crippen LogP contribution in [0.2, 0.25) is 0 Å². The van der Waals surface area contributed by atoms with Crippen molar-refractivity contribution in [1.82, 2.24) is 0 Å². The van der Waals surface area contributed by atoms with E-state index in [1.54, 1.807) is 0 Å². The van der Waals surface area contributed by atoms with Crippen LogP contribution in [-0.4, -0.2) is 15.3 Å². The van der Waals surface area contributed by atoms with Gasteiger partial charge in [0.25, 0.3) is 0 Å². The highest BCUT2D eigenvalue weighted by molar-refractivity contribution is 5.48. The minimum Gasteiger partial charge on any atom is -0.504 e. The molecule has 59 valence electrons. The van der Waals surface area contributed by atoms with Crippen molar-refractivity contribution in [1.29, 1.82) is 0 Å². The van der Waals surface area contributed by atoms with Crippen molar-refractivity contribution in [3.05, 3.63) is 17.7 Å². The van der Waals surface area contributed by atoms with Crippen molar-refractivity contribution in [3.63, 3.8) is 0 Å². The molecule has 0 amide bonds. The van der Waals surface area contributed by atoms with Crippen LogP contribution in [0.3, 0.4) is 0 Å². The first-order valence-corrected chi connectivity index (χ1v) is 2.55. The minimum atomic E-state index is -1.64. The first kappa shape index (κ1) is 7.59. The Morgan fingerprint density at radius 2 is 1.55 bits per heavy atom. The van der Waals surface area contributed by atoms with E-state index in [9.17, 15) is 8.78 Å². The predicted octanol–water partition coefficient (Wildman–Crippen LogP) is 0.882. The van der Waals surface area contributed by atoms with E-state index >= 15 is 0 Å². The van der Waals surface area contributed by atoms with Crippen LogP contribution in [0.25, 0.3) is 0 Å². The van der Waals surface area contributed by atoms with E-state index < -0.39 is 28.9 Å². The van der Waals surface area contributed by atoms with Gasteiger partial charge in [0, 0.05) is 0 Å². The molecule has 1 aromatic carbocycles. The lowest BCUT2D eigenvalue weighted by Gasteiger charge is -2.00. The highest BCUT2D eigenvalue weighted by atomic mass is 19.2. The van der Waals surface area contributed by atoms with Crippen LogP contribution in [0.5, 0.6) is 17.2 Å². The number of hydrogen-bond donors (Lipinski definition) is 3. The van der Waals surface area contributed by atoms with Gasteiger partial charge < -0.3 is 15.3 Å². The zero-order chi connectivity index (χ0) is 8.59. The standard InChI is InChI=1S/C6H3F2O3/c7-2-1-3(9)5(10)6(11)4(2)8/h9-11H. The van der Waals surface area contributed by atoms with Gasteiger partial charge >= 0.3 is 0 Å². The maximum absolute atomic E-state index is 12.2. The van der Waals surface area contributed by atoms with Gasteiger partial charge in [0.2, 0.25) is 17.3 Å². The number of benzene rings is 1. The fraction of sp³-hybridized carbons (Fsp3) is 0. The molecule has 0 saturated heterocycles.